The Morgan fingerprint density at radius 2 is 2.18 bits per heavy atom. The molecule has 1 aliphatic heterocycles. The van der Waals surface area contributed by atoms with E-state index in [1.54, 1.807) is 18.9 Å². The van der Waals surface area contributed by atoms with Crippen LogP contribution in [0, 0.1) is 16.8 Å². The van der Waals surface area contributed by atoms with Gasteiger partial charge in [-0.2, -0.15) is 0 Å². The van der Waals surface area contributed by atoms with Crippen LogP contribution in [0.4, 0.5) is 11.4 Å². The first kappa shape index (κ1) is 15.1. The summed E-state index contributed by atoms with van der Waals surface area (Å²) in [5.74, 6) is 0. The van der Waals surface area contributed by atoms with Crippen LogP contribution in [0.15, 0.2) is 24.3 Å². The van der Waals surface area contributed by atoms with E-state index in [9.17, 15) is 10.1 Å². The summed E-state index contributed by atoms with van der Waals surface area (Å²) in [5.41, 5.74) is 1.03. The minimum atomic E-state index is -0.400. The molecule has 2 rings (SSSR count). The van der Waals surface area contributed by atoms with E-state index in [4.69, 9.17) is 4.74 Å². The summed E-state index contributed by atoms with van der Waals surface area (Å²) in [6.45, 7) is 4.54. The number of hydrogen-bond acceptors (Lipinski definition) is 4. The van der Waals surface area contributed by atoms with E-state index < -0.39 is 4.92 Å². The van der Waals surface area contributed by atoms with Gasteiger partial charge in [0.15, 0.2) is 0 Å². The molecular formula is C11H13KN2O3. The summed E-state index contributed by atoms with van der Waals surface area (Å²) >= 11 is 0. The quantitative estimate of drug-likeness (QED) is 0.313. The van der Waals surface area contributed by atoms with Crippen LogP contribution in [0.25, 0.3) is 0 Å². The Hall–Kier alpha value is 0.0164. The van der Waals surface area contributed by atoms with Crippen molar-refractivity contribution in [1.82, 2.24) is 0 Å². The van der Waals surface area contributed by atoms with Gasteiger partial charge in [-0.1, -0.05) is 6.92 Å². The molecule has 0 aromatic heterocycles. The van der Waals surface area contributed by atoms with E-state index >= 15 is 0 Å². The Morgan fingerprint density at radius 1 is 1.53 bits per heavy atom. The molecule has 1 aromatic carbocycles. The van der Waals surface area contributed by atoms with Crippen LogP contribution in [0.1, 0.15) is 13.3 Å². The molecule has 5 nitrogen and oxygen atoms in total. The third kappa shape index (κ3) is 3.74. The fraction of sp³-hybridized carbons (Fsp3) is 0.364. The Balaban J connectivity index is 0.00000144. The molecule has 86 valence electrons. The molecule has 1 heterocycles. The Kier molecular flexibility index (Phi) is 6.05. The first-order valence-corrected chi connectivity index (χ1v) is 5.20. The van der Waals surface area contributed by atoms with Gasteiger partial charge in [0.05, 0.1) is 4.92 Å². The second kappa shape index (κ2) is 6.82. The molecule has 0 bridgehead atoms. The average Bonchev–Trinajstić information content (AvgIpc) is 2.77. The van der Waals surface area contributed by atoms with Crippen LogP contribution in [-0.2, 0) is 4.74 Å². The minimum Gasteiger partial charge on any atom is -0.528 e. The molecule has 1 aliphatic rings. The summed E-state index contributed by atoms with van der Waals surface area (Å²) < 4.78 is 5.41. The van der Waals surface area contributed by atoms with E-state index in [1.165, 1.54) is 12.1 Å². The summed E-state index contributed by atoms with van der Waals surface area (Å²) in [6.07, 6.45) is 1.18. The van der Waals surface area contributed by atoms with Gasteiger partial charge in [-0.15, -0.1) is 6.73 Å². The number of rotatable bonds is 3. The van der Waals surface area contributed by atoms with Gasteiger partial charge in [0.25, 0.3) is 5.69 Å². The fourth-order valence-corrected chi connectivity index (χ4v) is 1.62. The normalized spacial score (nSPS) is 18.9. The van der Waals surface area contributed by atoms with Gasteiger partial charge in [-0.25, -0.2) is 0 Å². The monoisotopic (exact) mass is 260 g/mol. The molecule has 0 amide bonds. The second-order valence-corrected chi connectivity index (χ2v) is 3.70. The molecule has 6 heteroatoms. The molecule has 1 atom stereocenters. The average molecular weight is 260 g/mol. The summed E-state index contributed by atoms with van der Waals surface area (Å²) in [4.78, 5) is 12.0. The van der Waals surface area contributed by atoms with Crippen molar-refractivity contribution < 1.29 is 61.0 Å². The molecule has 17 heavy (non-hydrogen) atoms. The molecule has 0 saturated carbocycles. The largest absolute Gasteiger partial charge is 1.00 e. The summed E-state index contributed by atoms with van der Waals surface area (Å²) in [6, 6.07) is 6.47. The zero-order valence-corrected chi connectivity index (χ0v) is 13.1. The Bertz CT molecular complexity index is 383. The summed E-state index contributed by atoms with van der Waals surface area (Å²) in [7, 11) is 0. The third-order valence-electron chi connectivity index (χ3n) is 2.63. The van der Waals surface area contributed by atoms with E-state index in [1.807, 2.05) is 4.90 Å². The fourth-order valence-electron chi connectivity index (χ4n) is 1.62. The number of nitrogens with zero attached hydrogens (tertiary/aromatic N) is 2. The standard InChI is InChI=1S/C11H13N2O3.K/c1-2-11-7-12(8-16-11)9-3-5-10(6-4-9)13(14)15;/h3-6,8,11H,2,7H2,1H3;/q-1;+1. The maximum absolute atomic E-state index is 10.5. The third-order valence-corrected chi connectivity index (χ3v) is 2.63. The van der Waals surface area contributed by atoms with Crippen molar-refractivity contribution in [2.75, 3.05) is 11.4 Å². The minimum absolute atomic E-state index is 0. The zero-order chi connectivity index (χ0) is 11.5. The number of benzene rings is 1. The van der Waals surface area contributed by atoms with Crippen molar-refractivity contribution in [2.24, 2.45) is 0 Å². The Morgan fingerprint density at radius 3 is 2.65 bits per heavy atom. The van der Waals surface area contributed by atoms with Crippen LogP contribution in [-0.4, -0.2) is 17.6 Å². The molecule has 1 aromatic rings. The number of ether oxygens (including phenoxy) is 1. The molecular weight excluding hydrogens is 247 g/mol. The molecule has 0 N–H and O–H groups in total. The van der Waals surface area contributed by atoms with Gasteiger partial charge in [-0.3, -0.25) is 10.1 Å². The van der Waals surface area contributed by atoms with E-state index in [0.29, 0.717) is 0 Å². The smallest absolute Gasteiger partial charge is 0.528 e. The molecule has 0 aliphatic carbocycles. The molecule has 1 fully saturated rings. The van der Waals surface area contributed by atoms with E-state index in [2.05, 4.69) is 6.92 Å². The topological polar surface area (TPSA) is 55.6 Å². The van der Waals surface area contributed by atoms with Crippen molar-refractivity contribution >= 4 is 11.4 Å². The van der Waals surface area contributed by atoms with Crippen LogP contribution >= 0.6 is 0 Å². The molecule has 0 radical (unpaired) electrons. The Labute approximate surface area is 143 Å². The van der Waals surface area contributed by atoms with Gasteiger partial charge in [0.1, 0.15) is 0 Å². The van der Waals surface area contributed by atoms with Crippen molar-refractivity contribution in [3.63, 3.8) is 0 Å². The molecule has 1 unspecified atom stereocenters. The van der Waals surface area contributed by atoms with Crippen LogP contribution in [0.3, 0.4) is 0 Å². The van der Waals surface area contributed by atoms with Crippen LogP contribution in [0.5, 0.6) is 0 Å². The van der Waals surface area contributed by atoms with Gasteiger partial charge in [0, 0.05) is 30.5 Å². The van der Waals surface area contributed by atoms with Crippen molar-refractivity contribution in [3.05, 3.63) is 41.1 Å². The van der Waals surface area contributed by atoms with Gasteiger partial charge < -0.3 is 9.64 Å². The van der Waals surface area contributed by atoms with E-state index in [0.717, 1.165) is 18.7 Å². The van der Waals surface area contributed by atoms with Crippen molar-refractivity contribution in [3.8, 4) is 0 Å². The van der Waals surface area contributed by atoms with Gasteiger partial charge in [0.2, 0.25) is 0 Å². The predicted octanol–water partition coefficient (Wildman–Crippen LogP) is -0.667. The molecule has 1 saturated heterocycles. The zero-order valence-electron chi connectivity index (χ0n) is 10.00. The van der Waals surface area contributed by atoms with Gasteiger partial charge in [-0.05, 0) is 18.6 Å². The maximum Gasteiger partial charge on any atom is 1.00 e. The van der Waals surface area contributed by atoms with Crippen LogP contribution in [0.2, 0.25) is 0 Å². The van der Waals surface area contributed by atoms with Crippen LogP contribution < -0.4 is 56.3 Å². The number of anilines is 1. The second-order valence-electron chi connectivity index (χ2n) is 3.70. The summed E-state index contributed by atoms with van der Waals surface area (Å²) in [5, 5.41) is 10.5. The first-order valence-electron chi connectivity index (χ1n) is 5.20. The number of non-ortho nitro benzene ring substituents is 1. The number of nitro groups is 1. The van der Waals surface area contributed by atoms with Crippen molar-refractivity contribution in [1.29, 1.82) is 0 Å². The number of hydrogen-bond donors (Lipinski definition) is 0. The van der Waals surface area contributed by atoms with Gasteiger partial charge >= 0.3 is 51.4 Å². The van der Waals surface area contributed by atoms with E-state index in [-0.39, 0.29) is 63.2 Å². The van der Waals surface area contributed by atoms with Crippen molar-refractivity contribution in [2.45, 2.75) is 19.4 Å². The SMILES string of the molecule is CCC1CN(c2ccc([N+](=O)[O-])cc2)[CH-]O1.[K+]. The number of nitro benzene ring substituents is 1. The predicted molar refractivity (Wildman–Crippen MR) is 59.9 cm³/mol. The first-order chi connectivity index (χ1) is 7.70. The maximum atomic E-state index is 10.5. The molecule has 0 spiro atoms.